The van der Waals surface area contributed by atoms with Crippen molar-refractivity contribution < 1.29 is 9.53 Å². The number of hydrogen-bond acceptors (Lipinski definition) is 2. The zero-order valence-electron chi connectivity index (χ0n) is 12.4. The molecule has 0 atom stereocenters. The molecular formula is C16H29NO2. The lowest BCUT2D eigenvalue weighted by atomic mass is 10.1. The first-order valence-corrected chi connectivity index (χ1v) is 7.81. The average Bonchev–Trinajstić information content (AvgIpc) is 2.46. The maximum Gasteiger partial charge on any atom is 0.222 e. The van der Waals surface area contributed by atoms with Crippen molar-refractivity contribution in [3.63, 3.8) is 0 Å². The van der Waals surface area contributed by atoms with E-state index < -0.39 is 0 Å². The van der Waals surface area contributed by atoms with Gasteiger partial charge in [-0.1, -0.05) is 37.8 Å². The molecular weight excluding hydrogens is 238 g/mol. The van der Waals surface area contributed by atoms with Crippen LogP contribution in [-0.2, 0) is 9.53 Å². The fourth-order valence-corrected chi connectivity index (χ4v) is 2.38. The number of amides is 1. The summed E-state index contributed by atoms with van der Waals surface area (Å²) in [6, 6.07) is 0. The van der Waals surface area contributed by atoms with Crippen LogP contribution < -0.4 is 0 Å². The second-order valence-electron chi connectivity index (χ2n) is 5.22. The Bertz CT molecular complexity index is 257. The van der Waals surface area contributed by atoms with Crippen molar-refractivity contribution in [1.82, 2.24) is 4.90 Å². The molecule has 3 heteroatoms. The average molecular weight is 267 g/mol. The minimum absolute atomic E-state index is 0.316. The zero-order chi connectivity index (χ0) is 13.8. The lowest BCUT2D eigenvalue weighted by Crippen LogP contribution is -2.40. The van der Waals surface area contributed by atoms with Crippen molar-refractivity contribution in [1.29, 1.82) is 0 Å². The van der Waals surface area contributed by atoms with Crippen LogP contribution in [0.15, 0.2) is 12.2 Å². The Labute approximate surface area is 118 Å². The Morgan fingerprint density at radius 1 is 1.05 bits per heavy atom. The van der Waals surface area contributed by atoms with Crippen LogP contribution in [-0.4, -0.2) is 37.1 Å². The number of unbranched alkanes of at least 4 members (excludes halogenated alkanes) is 6. The highest BCUT2D eigenvalue weighted by Crippen LogP contribution is 2.10. The van der Waals surface area contributed by atoms with Crippen molar-refractivity contribution in [3.8, 4) is 0 Å². The van der Waals surface area contributed by atoms with Gasteiger partial charge in [-0.25, -0.2) is 0 Å². The molecule has 0 radical (unpaired) electrons. The van der Waals surface area contributed by atoms with Gasteiger partial charge in [0.1, 0.15) is 0 Å². The van der Waals surface area contributed by atoms with Crippen LogP contribution >= 0.6 is 0 Å². The number of ether oxygens (including phenoxy) is 1. The second kappa shape index (κ2) is 11.0. The molecule has 0 unspecified atom stereocenters. The SMILES string of the molecule is C/C=C/CCCCCCCCC(=O)N1CCOCC1. The molecule has 1 heterocycles. The van der Waals surface area contributed by atoms with Gasteiger partial charge >= 0.3 is 0 Å². The van der Waals surface area contributed by atoms with Gasteiger partial charge in [-0.15, -0.1) is 0 Å². The van der Waals surface area contributed by atoms with E-state index in [2.05, 4.69) is 19.1 Å². The van der Waals surface area contributed by atoms with Crippen molar-refractivity contribution in [3.05, 3.63) is 12.2 Å². The van der Waals surface area contributed by atoms with E-state index in [1.54, 1.807) is 0 Å². The number of carbonyl (C=O) groups is 1. The highest BCUT2D eigenvalue weighted by Gasteiger charge is 2.15. The third-order valence-corrected chi connectivity index (χ3v) is 3.61. The number of rotatable bonds is 9. The third-order valence-electron chi connectivity index (χ3n) is 3.61. The van der Waals surface area contributed by atoms with Crippen LogP contribution in [0, 0.1) is 0 Å². The Kier molecular flexibility index (Phi) is 9.42. The summed E-state index contributed by atoms with van der Waals surface area (Å²) in [5, 5.41) is 0. The Balaban J connectivity index is 1.88. The third kappa shape index (κ3) is 8.04. The fraction of sp³-hybridized carbons (Fsp3) is 0.812. The molecule has 19 heavy (non-hydrogen) atoms. The molecule has 3 nitrogen and oxygen atoms in total. The predicted molar refractivity (Wildman–Crippen MR) is 79.1 cm³/mol. The first-order chi connectivity index (χ1) is 9.34. The van der Waals surface area contributed by atoms with Gasteiger partial charge in [-0.3, -0.25) is 4.79 Å². The Hall–Kier alpha value is -0.830. The molecule has 0 aromatic rings. The first kappa shape index (κ1) is 16.2. The molecule has 0 aromatic carbocycles. The molecule has 1 rings (SSSR count). The van der Waals surface area contributed by atoms with Gasteiger partial charge in [-0.2, -0.15) is 0 Å². The summed E-state index contributed by atoms with van der Waals surface area (Å²) >= 11 is 0. The number of morpholine rings is 1. The molecule has 0 saturated carbocycles. The molecule has 0 aliphatic carbocycles. The number of nitrogens with zero attached hydrogens (tertiary/aromatic N) is 1. The van der Waals surface area contributed by atoms with E-state index in [0.717, 1.165) is 25.9 Å². The minimum atomic E-state index is 0.316. The van der Waals surface area contributed by atoms with Gasteiger partial charge in [-0.05, 0) is 26.2 Å². The molecule has 1 saturated heterocycles. The summed E-state index contributed by atoms with van der Waals surface area (Å²) in [7, 11) is 0. The number of allylic oxidation sites excluding steroid dienone is 2. The maximum atomic E-state index is 11.9. The largest absolute Gasteiger partial charge is 0.378 e. The summed E-state index contributed by atoms with van der Waals surface area (Å²) in [4.78, 5) is 13.8. The van der Waals surface area contributed by atoms with Gasteiger partial charge in [0.15, 0.2) is 0 Å². The van der Waals surface area contributed by atoms with E-state index in [0.29, 0.717) is 19.1 Å². The molecule has 1 fully saturated rings. The number of hydrogen-bond donors (Lipinski definition) is 0. The van der Waals surface area contributed by atoms with Gasteiger partial charge in [0, 0.05) is 19.5 Å². The van der Waals surface area contributed by atoms with Crippen LogP contribution in [0.5, 0.6) is 0 Å². The summed E-state index contributed by atoms with van der Waals surface area (Å²) in [5.41, 5.74) is 0. The highest BCUT2D eigenvalue weighted by atomic mass is 16.5. The van der Waals surface area contributed by atoms with E-state index in [-0.39, 0.29) is 0 Å². The van der Waals surface area contributed by atoms with Crippen molar-refractivity contribution in [2.24, 2.45) is 0 Å². The summed E-state index contributed by atoms with van der Waals surface area (Å²) in [6.07, 6.45) is 13.7. The lowest BCUT2D eigenvalue weighted by Gasteiger charge is -2.26. The summed E-state index contributed by atoms with van der Waals surface area (Å²) in [5.74, 6) is 0.316. The Morgan fingerprint density at radius 3 is 2.37 bits per heavy atom. The van der Waals surface area contributed by atoms with E-state index in [1.165, 1.54) is 38.5 Å². The van der Waals surface area contributed by atoms with Gasteiger partial charge < -0.3 is 9.64 Å². The summed E-state index contributed by atoms with van der Waals surface area (Å²) in [6.45, 7) is 5.05. The molecule has 0 N–H and O–H groups in total. The molecule has 0 spiro atoms. The quantitative estimate of drug-likeness (QED) is 0.472. The van der Waals surface area contributed by atoms with E-state index in [9.17, 15) is 4.79 Å². The highest BCUT2D eigenvalue weighted by molar-refractivity contribution is 5.76. The molecule has 0 aromatic heterocycles. The minimum Gasteiger partial charge on any atom is -0.378 e. The molecule has 110 valence electrons. The normalized spacial score (nSPS) is 16.2. The van der Waals surface area contributed by atoms with Crippen molar-refractivity contribution in [2.45, 2.75) is 58.3 Å². The lowest BCUT2D eigenvalue weighted by molar-refractivity contribution is -0.135. The van der Waals surface area contributed by atoms with E-state index in [4.69, 9.17) is 4.74 Å². The number of carbonyl (C=O) groups excluding carboxylic acids is 1. The predicted octanol–water partition coefficient (Wildman–Crippen LogP) is 3.54. The van der Waals surface area contributed by atoms with Crippen LogP contribution in [0.25, 0.3) is 0 Å². The fourth-order valence-electron chi connectivity index (χ4n) is 2.38. The topological polar surface area (TPSA) is 29.5 Å². The van der Waals surface area contributed by atoms with Crippen LogP contribution in [0.3, 0.4) is 0 Å². The standard InChI is InChI=1S/C16H29NO2/c1-2-3-4-5-6-7-8-9-10-11-16(18)17-12-14-19-15-13-17/h2-3H,4-15H2,1H3/b3-2+. The molecule has 1 amide bonds. The smallest absolute Gasteiger partial charge is 0.222 e. The molecule has 1 aliphatic rings. The van der Waals surface area contributed by atoms with Gasteiger partial charge in [0.2, 0.25) is 5.91 Å². The van der Waals surface area contributed by atoms with Gasteiger partial charge in [0.25, 0.3) is 0 Å². The zero-order valence-corrected chi connectivity index (χ0v) is 12.4. The van der Waals surface area contributed by atoms with E-state index in [1.807, 2.05) is 4.90 Å². The van der Waals surface area contributed by atoms with Gasteiger partial charge in [0.05, 0.1) is 13.2 Å². The van der Waals surface area contributed by atoms with E-state index >= 15 is 0 Å². The van der Waals surface area contributed by atoms with Crippen LogP contribution in [0.4, 0.5) is 0 Å². The van der Waals surface area contributed by atoms with Crippen molar-refractivity contribution in [2.75, 3.05) is 26.3 Å². The van der Waals surface area contributed by atoms with Crippen molar-refractivity contribution >= 4 is 5.91 Å². The maximum absolute atomic E-state index is 11.9. The van der Waals surface area contributed by atoms with Crippen LogP contribution in [0.2, 0.25) is 0 Å². The summed E-state index contributed by atoms with van der Waals surface area (Å²) < 4.78 is 5.25. The first-order valence-electron chi connectivity index (χ1n) is 7.81. The molecule has 1 aliphatic heterocycles. The second-order valence-corrected chi connectivity index (χ2v) is 5.22. The monoisotopic (exact) mass is 267 g/mol. The Morgan fingerprint density at radius 2 is 1.68 bits per heavy atom. The molecule has 0 bridgehead atoms. The van der Waals surface area contributed by atoms with Crippen LogP contribution in [0.1, 0.15) is 58.3 Å².